The Kier molecular flexibility index (Phi) is 8.10. The smallest absolute Gasteiger partial charge is 0.279 e. The van der Waals surface area contributed by atoms with Crippen molar-refractivity contribution in [1.29, 1.82) is 0 Å². The minimum absolute atomic E-state index is 0.0410. The summed E-state index contributed by atoms with van der Waals surface area (Å²) in [4.78, 5) is 26.2. The van der Waals surface area contributed by atoms with Crippen molar-refractivity contribution in [3.8, 4) is 0 Å². The third-order valence-electron chi connectivity index (χ3n) is 7.94. The van der Waals surface area contributed by atoms with E-state index in [9.17, 15) is 20.0 Å². The zero-order valence-corrected chi connectivity index (χ0v) is 21.3. The van der Waals surface area contributed by atoms with Gasteiger partial charge in [-0.25, -0.2) is 0 Å². The van der Waals surface area contributed by atoms with Gasteiger partial charge >= 0.3 is 0 Å². The Morgan fingerprint density at radius 1 is 0.750 bits per heavy atom. The number of carbonyl (C=O) groups excluding carboxylic acids is 2. The predicted octanol–water partition coefficient (Wildman–Crippen LogP) is 3.70. The molecule has 8 heteroatoms. The number of rotatable bonds is 9. The van der Waals surface area contributed by atoms with Crippen molar-refractivity contribution in [1.82, 2.24) is 10.6 Å². The number of nitrogens with one attached hydrogen (secondary N) is 2. The van der Waals surface area contributed by atoms with E-state index in [0.29, 0.717) is 38.8 Å². The first-order chi connectivity index (χ1) is 17.2. The molecule has 0 radical (unpaired) electrons. The average molecular weight is 495 g/mol. The van der Waals surface area contributed by atoms with Gasteiger partial charge in [0.25, 0.3) is 11.8 Å². The lowest BCUT2D eigenvalue weighted by Gasteiger charge is -2.49. The Bertz CT molecular complexity index is 953. The van der Waals surface area contributed by atoms with Gasteiger partial charge in [0.15, 0.2) is 12.1 Å². The van der Waals surface area contributed by atoms with Crippen LogP contribution >= 0.6 is 0 Å². The lowest BCUT2D eigenvalue weighted by atomic mass is 10.1. The molecule has 2 aromatic carbocycles. The van der Waals surface area contributed by atoms with Gasteiger partial charge in [-0.1, -0.05) is 60.7 Å². The second kappa shape index (κ2) is 11.1. The zero-order chi connectivity index (χ0) is 25.8. The highest BCUT2D eigenvalue weighted by molar-refractivity contribution is 5.82. The highest BCUT2D eigenvalue weighted by atomic mass is 16.6. The van der Waals surface area contributed by atoms with E-state index in [-0.39, 0.29) is 37.0 Å². The fourth-order valence-electron chi connectivity index (χ4n) is 5.72. The van der Waals surface area contributed by atoms with E-state index in [4.69, 9.17) is 0 Å². The number of amides is 2. The first-order valence-corrected chi connectivity index (χ1v) is 13.1. The van der Waals surface area contributed by atoms with Crippen LogP contribution in [-0.4, -0.2) is 59.4 Å². The third kappa shape index (κ3) is 5.78. The number of likely N-dealkylation sites (tertiary alicyclic amines) is 2. The summed E-state index contributed by atoms with van der Waals surface area (Å²) in [5.74, 6) is -0.521. The molecular weight excluding hydrogens is 456 g/mol. The van der Waals surface area contributed by atoms with Gasteiger partial charge in [-0.2, -0.15) is 0 Å². The van der Waals surface area contributed by atoms with E-state index in [2.05, 4.69) is 10.6 Å². The van der Waals surface area contributed by atoms with Gasteiger partial charge in [0.05, 0.1) is 25.2 Å². The molecule has 6 atom stereocenters. The molecule has 4 rings (SSSR count). The number of benzene rings is 2. The minimum Gasteiger partial charge on any atom is -0.632 e. The Balaban J connectivity index is 1.37. The highest BCUT2D eigenvalue weighted by Crippen LogP contribution is 2.31. The first-order valence-electron chi connectivity index (χ1n) is 13.1. The minimum atomic E-state index is -0.726. The van der Waals surface area contributed by atoms with Crippen LogP contribution in [-0.2, 0) is 9.59 Å². The number of carbonyl (C=O) groups is 2. The molecule has 2 N–H and O–H groups in total. The van der Waals surface area contributed by atoms with Crippen LogP contribution in [0.4, 0.5) is 0 Å². The van der Waals surface area contributed by atoms with Crippen molar-refractivity contribution in [2.45, 2.75) is 63.7 Å². The molecule has 194 valence electrons. The zero-order valence-electron chi connectivity index (χ0n) is 21.3. The highest BCUT2D eigenvalue weighted by Gasteiger charge is 2.45. The summed E-state index contributed by atoms with van der Waals surface area (Å²) >= 11 is 0. The molecule has 2 aliphatic rings. The molecular formula is C28H38N4O4. The molecule has 0 spiro atoms. The molecule has 0 aliphatic carbocycles. The number of hydroxylamine groups is 6. The standard InChI is InChI=1S/C28H38N4O4/c1-21(23-11-5-3-6-12-23)29-27(33)25-15-9-17-31(25,35)19-20-32(36)18-10-16-26(32)28(34)30-22(2)24-13-7-4-8-14-24/h3-8,11-14,21-22,25-26H,9-10,15-20H2,1-2H3,(H,29,33)(H,30,34)/t21-,22-,25-,26-,31?,32?/m0/s1. The fraction of sp³-hybridized carbons (Fsp3) is 0.500. The number of quaternary nitrogens is 2. The number of hydrogen-bond acceptors (Lipinski definition) is 4. The molecule has 2 aromatic rings. The maximum Gasteiger partial charge on any atom is 0.279 e. The monoisotopic (exact) mass is 494 g/mol. The fourth-order valence-corrected chi connectivity index (χ4v) is 5.72. The van der Waals surface area contributed by atoms with Crippen LogP contribution in [0.25, 0.3) is 0 Å². The van der Waals surface area contributed by atoms with E-state index in [1.165, 1.54) is 0 Å². The van der Waals surface area contributed by atoms with Crippen LogP contribution in [0.5, 0.6) is 0 Å². The summed E-state index contributed by atoms with van der Waals surface area (Å²) < 4.78 is -1.38. The van der Waals surface area contributed by atoms with Crippen molar-refractivity contribution in [3.05, 3.63) is 82.2 Å². The molecule has 2 unspecified atom stereocenters. The Morgan fingerprint density at radius 2 is 1.11 bits per heavy atom. The third-order valence-corrected chi connectivity index (χ3v) is 7.94. The van der Waals surface area contributed by atoms with Crippen molar-refractivity contribution in [2.24, 2.45) is 0 Å². The summed E-state index contributed by atoms with van der Waals surface area (Å²) in [6.45, 7) is 4.53. The van der Waals surface area contributed by atoms with Gasteiger partial charge in [-0.15, -0.1) is 0 Å². The van der Waals surface area contributed by atoms with Crippen LogP contribution in [0.3, 0.4) is 0 Å². The van der Waals surface area contributed by atoms with Gasteiger partial charge in [0.1, 0.15) is 13.1 Å². The largest absolute Gasteiger partial charge is 0.632 e. The van der Waals surface area contributed by atoms with Gasteiger partial charge in [-0.05, 0) is 25.0 Å². The van der Waals surface area contributed by atoms with E-state index >= 15 is 0 Å². The molecule has 8 nitrogen and oxygen atoms in total. The quantitative estimate of drug-likeness (QED) is 0.410. The lowest BCUT2D eigenvalue weighted by Crippen LogP contribution is -2.61. The van der Waals surface area contributed by atoms with E-state index in [1.807, 2.05) is 74.5 Å². The van der Waals surface area contributed by atoms with Gasteiger partial charge in [0.2, 0.25) is 0 Å². The van der Waals surface area contributed by atoms with Crippen LogP contribution in [0, 0.1) is 10.4 Å². The van der Waals surface area contributed by atoms with Gasteiger partial charge in [-0.3, -0.25) is 9.59 Å². The Hall–Kier alpha value is -2.78. The molecule has 0 saturated carbocycles. The van der Waals surface area contributed by atoms with Crippen molar-refractivity contribution >= 4 is 11.8 Å². The summed E-state index contributed by atoms with van der Waals surface area (Å²) in [7, 11) is 0. The second-order valence-corrected chi connectivity index (χ2v) is 10.4. The van der Waals surface area contributed by atoms with Crippen LogP contribution in [0.1, 0.15) is 62.7 Å². The Morgan fingerprint density at radius 3 is 1.47 bits per heavy atom. The Labute approximate surface area is 213 Å². The first kappa shape index (κ1) is 26.3. The maximum atomic E-state index is 13.8. The topological polar surface area (TPSA) is 104 Å². The maximum absolute atomic E-state index is 13.8. The molecule has 2 aliphatic heterocycles. The van der Waals surface area contributed by atoms with Crippen LogP contribution < -0.4 is 10.6 Å². The molecule has 2 amide bonds. The normalized spacial score (nSPS) is 29.4. The lowest BCUT2D eigenvalue weighted by molar-refractivity contribution is -0.939. The van der Waals surface area contributed by atoms with Crippen molar-refractivity contribution in [2.75, 3.05) is 26.2 Å². The SMILES string of the molecule is C[C@H](NC(=O)[C@@H]1CCC[N+]1([O-])CC[N+]1([O-])CCC[C@H]1C(=O)N[C@@H](C)c1ccccc1)c1ccccc1. The summed E-state index contributed by atoms with van der Waals surface area (Å²) in [6, 6.07) is 17.4. The van der Waals surface area contributed by atoms with Crippen molar-refractivity contribution in [3.63, 3.8) is 0 Å². The van der Waals surface area contributed by atoms with Crippen LogP contribution in [0.15, 0.2) is 60.7 Å². The molecule has 2 heterocycles. The van der Waals surface area contributed by atoms with Gasteiger partial charge < -0.3 is 30.3 Å². The summed E-state index contributed by atoms with van der Waals surface area (Å²) in [6.07, 6.45) is 2.32. The molecule has 0 aromatic heterocycles. The molecule has 36 heavy (non-hydrogen) atoms. The number of nitrogens with zero attached hydrogens (tertiary/aromatic N) is 2. The molecule has 2 saturated heterocycles. The van der Waals surface area contributed by atoms with E-state index < -0.39 is 21.4 Å². The van der Waals surface area contributed by atoms with Gasteiger partial charge in [0, 0.05) is 25.7 Å². The average Bonchev–Trinajstić information content (AvgIpc) is 3.47. The summed E-state index contributed by atoms with van der Waals surface area (Å²) in [5.41, 5.74) is 1.96. The van der Waals surface area contributed by atoms with Crippen molar-refractivity contribution < 1.29 is 18.9 Å². The van der Waals surface area contributed by atoms with Crippen LogP contribution in [0.2, 0.25) is 0 Å². The second-order valence-electron chi connectivity index (χ2n) is 10.4. The molecule has 0 bridgehead atoms. The summed E-state index contributed by atoms with van der Waals surface area (Å²) in [5, 5.41) is 33.5. The molecule has 2 fully saturated rings. The van der Waals surface area contributed by atoms with E-state index in [0.717, 1.165) is 11.1 Å². The number of hydrogen-bond donors (Lipinski definition) is 2. The van der Waals surface area contributed by atoms with E-state index in [1.54, 1.807) is 0 Å². The predicted molar refractivity (Wildman–Crippen MR) is 139 cm³/mol.